The predicted octanol–water partition coefficient (Wildman–Crippen LogP) is 3.12. The molecule has 1 heterocycles. The Morgan fingerprint density at radius 2 is 2.31 bits per heavy atom. The molecule has 0 radical (unpaired) electrons. The standard InChI is InChI=1S/C11H18N2O2S/c1-5-8(9-12-6-7-16-9)13-10(14)15-11(2,3)4/h6-8H,5H2,1-4H3,(H,13,14). The lowest BCUT2D eigenvalue weighted by atomic mass is 10.2. The van der Waals surface area contributed by atoms with Gasteiger partial charge in [-0.3, -0.25) is 0 Å². The number of hydrogen-bond donors (Lipinski definition) is 1. The molecular weight excluding hydrogens is 224 g/mol. The van der Waals surface area contributed by atoms with E-state index in [1.165, 1.54) is 11.3 Å². The van der Waals surface area contributed by atoms with Crippen LogP contribution < -0.4 is 5.32 Å². The van der Waals surface area contributed by atoms with E-state index in [2.05, 4.69) is 10.3 Å². The molecule has 1 amide bonds. The monoisotopic (exact) mass is 242 g/mol. The molecule has 0 bridgehead atoms. The third-order valence-corrected chi connectivity index (χ3v) is 2.74. The highest BCUT2D eigenvalue weighted by atomic mass is 32.1. The number of rotatable bonds is 3. The maximum absolute atomic E-state index is 11.6. The first-order valence-corrected chi connectivity index (χ1v) is 6.19. The van der Waals surface area contributed by atoms with Crippen LogP contribution in [-0.4, -0.2) is 16.7 Å². The van der Waals surface area contributed by atoms with Gasteiger partial charge in [0, 0.05) is 11.6 Å². The van der Waals surface area contributed by atoms with Crippen LogP contribution in [0.4, 0.5) is 4.79 Å². The van der Waals surface area contributed by atoms with Gasteiger partial charge in [-0.1, -0.05) is 6.92 Å². The van der Waals surface area contributed by atoms with Crippen molar-refractivity contribution in [2.24, 2.45) is 0 Å². The van der Waals surface area contributed by atoms with Crippen LogP contribution in [0.2, 0.25) is 0 Å². The first kappa shape index (κ1) is 13.0. The molecule has 0 aliphatic heterocycles. The number of aromatic nitrogens is 1. The smallest absolute Gasteiger partial charge is 0.408 e. The highest BCUT2D eigenvalue weighted by Crippen LogP contribution is 2.19. The molecule has 1 aromatic rings. The first-order chi connectivity index (χ1) is 7.42. The van der Waals surface area contributed by atoms with E-state index in [9.17, 15) is 4.79 Å². The van der Waals surface area contributed by atoms with Crippen molar-refractivity contribution in [3.63, 3.8) is 0 Å². The van der Waals surface area contributed by atoms with E-state index in [0.29, 0.717) is 0 Å². The van der Waals surface area contributed by atoms with Crippen LogP contribution >= 0.6 is 11.3 Å². The SMILES string of the molecule is CCC(NC(=O)OC(C)(C)C)c1nccs1. The van der Waals surface area contributed by atoms with E-state index < -0.39 is 11.7 Å². The number of nitrogens with zero attached hydrogens (tertiary/aromatic N) is 1. The minimum atomic E-state index is -0.467. The fourth-order valence-corrected chi connectivity index (χ4v) is 1.97. The normalized spacial score (nSPS) is 13.2. The van der Waals surface area contributed by atoms with Crippen molar-refractivity contribution in [3.05, 3.63) is 16.6 Å². The lowest BCUT2D eigenvalue weighted by Gasteiger charge is -2.22. The van der Waals surface area contributed by atoms with Gasteiger partial charge in [-0.15, -0.1) is 11.3 Å². The van der Waals surface area contributed by atoms with E-state index in [1.807, 2.05) is 33.1 Å². The Balaban J connectivity index is 2.55. The zero-order valence-corrected chi connectivity index (χ0v) is 10.9. The van der Waals surface area contributed by atoms with E-state index in [0.717, 1.165) is 11.4 Å². The molecule has 16 heavy (non-hydrogen) atoms. The molecular formula is C11H18N2O2S. The van der Waals surface area contributed by atoms with Crippen molar-refractivity contribution >= 4 is 17.4 Å². The summed E-state index contributed by atoms with van der Waals surface area (Å²) in [6.45, 7) is 7.54. The second kappa shape index (κ2) is 5.30. The third-order valence-electron chi connectivity index (χ3n) is 1.85. The quantitative estimate of drug-likeness (QED) is 0.886. The van der Waals surface area contributed by atoms with Gasteiger partial charge in [-0.2, -0.15) is 0 Å². The van der Waals surface area contributed by atoms with Crippen LogP contribution in [0.15, 0.2) is 11.6 Å². The molecule has 5 heteroatoms. The summed E-state index contributed by atoms with van der Waals surface area (Å²) in [4.78, 5) is 15.8. The van der Waals surface area contributed by atoms with Crippen LogP contribution in [0, 0.1) is 0 Å². The summed E-state index contributed by atoms with van der Waals surface area (Å²) >= 11 is 1.53. The Labute approximate surface area is 100 Å². The lowest BCUT2D eigenvalue weighted by Crippen LogP contribution is -2.34. The number of carbonyl (C=O) groups excluding carboxylic acids is 1. The molecule has 0 fully saturated rings. The van der Waals surface area contributed by atoms with Crippen molar-refractivity contribution in [3.8, 4) is 0 Å². The molecule has 1 atom stereocenters. The number of thiazole rings is 1. The van der Waals surface area contributed by atoms with Crippen molar-refractivity contribution in [1.82, 2.24) is 10.3 Å². The van der Waals surface area contributed by atoms with Gasteiger partial charge in [0.05, 0.1) is 6.04 Å². The van der Waals surface area contributed by atoms with Gasteiger partial charge in [0.25, 0.3) is 0 Å². The average molecular weight is 242 g/mol. The van der Waals surface area contributed by atoms with E-state index >= 15 is 0 Å². The summed E-state index contributed by atoms with van der Waals surface area (Å²) in [6.07, 6.45) is 2.14. The fraction of sp³-hybridized carbons (Fsp3) is 0.636. The zero-order chi connectivity index (χ0) is 12.2. The first-order valence-electron chi connectivity index (χ1n) is 5.31. The summed E-state index contributed by atoms with van der Waals surface area (Å²) in [5, 5.41) is 5.62. The lowest BCUT2D eigenvalue weighted by molar-refractivity contribution is 0.0502. The van der Waals surface area contributed by atoms with E-state index in [-0.39, 0.29) is 6.04 Å². The number of carbonyl (C=O) groups is 1. The van der Waals surface area contributed by atoms with Gasteiger partial charge < -0.3 is 10.1 Å². The molecule has 90 valence electrons. The maximum atomic E-state index is 11.6. The van der Waals surface area contributed by atoms with Crippen molar-refractivity contribution in [2.75, 3.05) is 0 Å². The molecule has 0 saturated carbocycles. The van der Waals surface area contributed by atoms with Crippen LogP contribution in [-0.2, 0) is 4.74 Å². The molecule has 0 aromatic carbocycles. The second-order valence-electron chi connectivity index (χ2n) is 4.48. The Hall–Kier alpha value is -1.10. The van der Waals surface area contributed by atoms with Gasteiger partial charge in [0.15, 0.2) is 0 Å². The summed E-state index contributed by atoms with van der Waals surface area (Å²) in [5.41, 5.74) is -0.467. The Bertz CT molecular complexity index is 330. The van der Waals surface area contributed by atoms with Crippen molar-refractivity contribution in [2.45, 2.75) is 45.8 Å². The average Bonchev–Trinajstić information content (AvgIpc) is 2.63. The molecule has 1 unspecified atom stereocenters. The summed E-state index contributed by atoms with van der Waals surface area (Å²) < 4.78 is 5.19. The van der Waals surface area contributed by atoms with Crippen LogP contribution in [0.3, 0.4) is 0 Å². The van der Waals surface area contributed by atoms with E-state index in [4.69, 9.17) is 4.74 Å². The van der Waals surface area contributed by atoms with Gasteiger partial charge in [-0.05, 0) is 27.2 Å². The van der Waals surface area contributed by atoms with Crippen molar-refractivity contribution in [1.29, 1.82) is 0 Å². The number of ether oxygens (including phenoxy) is 1. The van der Waals surface area contributed by atoms with Gasteiger partial charge in [0.1, 0.15) is 10.6 Å². The molecule has 4 nitrogen and oxygen atoms in total. The minimum absolute atomic E-state index is 0.0603. The Morgan fingerprint density at radius 1 is 1.62 bits per heavy atom. The Morgan fingerprint density at radius 3 is 2.75 bits per heavy atom. The molecule has 0 saturated heterocycles. The Kier molecular flexibility index (Phi) is 4.29. The molecule has 0 spiro atoms. The third kappa shape index (κ3) is 4.18. The summed E-state index contributed by atoms with van der Waals surface area (Å²) in [6, 6.07) is -0.0603. The zero-order valence-electron chi connectivity index (χ0n) is 10.1. The molecule has 0 aliphatic carbocycles. The van der Waals surface area contributed by atoms with Gasteiger partial charge in [-0.25, -0.2) is 9.78 Å². The largest absolute Gasteiger partial charge is 0.444 e. The van der Waals surface area contributed by atoms with Crippen LogP contribution in [0.5, 0.6) is 0 Å². The fourth-order valence-electron chi connectivity index (χ4n) is 1.19. The highest BCUT2D eigenvalue weighted by Gasteiger charge is 2.20. The van der Waals surface area contributed by atoms with Gasteiger partial charge in [0.2, 0.25) is 0 Å². The minimum Gasteiger partial charge on any atom is -0.444 e. The number of hydrogen-bond acceptors (Lipinski definition) is 4. The van der Waals surface area contributed by atoms with E-state index in [1.54, 1.807) is 6.20 Å². The van der Waals surface area contributed by atoms with Crippen LogP contribution in [0.1, 0.15) is 45.2 Å². The van der Waals surface area contributed by atoms with Crippen molar-refractivity contribution < 1.29 is 9.53 Å². The summed E-state index contributed by atoms with van der Waals surface area (Å²) in [7, 11) is 0. The predicted molar refractivity (Wildman–Crippen MR) is 64.5 cm³/mol. The molecule has 1 rings (SSSR count). The second-order valence-corrected chi connectivity index (χ2v) is 5.40. The molecule has 1 aromatic heterocycles. The summed E-state index contributed by atoms with van der Waals surface area (Å²) in [5.74, 6) is 0. The number of nitrogens with one attached hydrogen (secondary N) is 1. The molecule has 0 aliphatic rings. The van der Waals surface area contributed by atoms with Crippen LogP contribution in [0.25, 0.3) is 0 Å². The molecule has 1 N–H and O–H groups in total. The topological polar surface area (TPSA) is 51.2 Å². The maximum Gasteiger partial charge on any atom is 0.408 e. The number of amides is 1. The highest BCUT2D eigenvalue weighted by molar-refractivity contribution is 7.09. The van der Waals surface area contributed by atoms with Gasteiger partial charge >= 0.3 is 6.09 Å². The number of alkyl carbamates (subject to hydrolysis) is 1.